The second-order valence-electron chi connectivity index (χ2n) is 8.50. The maximum atomic E-state index is 10.5. The summed E-state index contributed by atoms with van der Waals surface area (Å²) in [5.41, 5.74) is 0. The number of unbranched alkanes of at least 4 members (excludes halogenated alkanes) is 16. The molecule has 0 amide bonds. The van der Waals surface area contributed by atoms with Gasteiger partial charge in [-0.25, -0.2) is 8.42 Å². The van der Waals surface area contributed by atoms with E-state index in [-0.39, 0.29) is 41.4 Å². The topological polar surface area (TPSA) is 77.4 Å². The van der Waals surface area contributed by atoms with Gasteiger partial charge in [0.25, 0.3) is 0 Å². The molecular formula is C23H47NaO4S. The molecule has 1 unspecified atom stereocenters. The van der Waals surface area contributed by atoms with E-state index in [1.54, 1.807) is 0 Å². The summed E-state index contributed by atoms with van der Waals surface area (Å²) in [7, 11) is -4.04. The molecule has 0 aliphatic heterocycles. The molecule has 6 heteroatoms. The third-order valence-electron chi connectivity index (χ3n) is 5.57. The number of aliphatic hydroxyl groups excluding tert-OH is 1. The van der Waals surface area contributed by atoms with Gasteiger partial charge in [0.15, 0.2) is 0 Å². The second-order valence-corrected chi connectivity index (χ2v) is 10.0. The smallest absolute Gasteiger partial charge is 0.748 e. The zero-order valence-corrected chi connectivity index (χ0v) is 22.3. The van der Waals surface area contributed by atoms with Gasteiger partial charge in [-0.1, -0.05) is 116 Å². The van der Waals surface area contributed by atoms with Gasteiger partial charge in [-0.3, -0.25) is 0 Å². The van der Waals surface area contributed by atoms with E-state index in [2.05, 4.69) is 6.92 Å². The van der Waals surface area contributed by atoms with Crippen LogP contribution in [0.5, 0.6) is 0 Å². The maximum Gasteiger partial charge on any atom is 1.00 e. The number of hydrogen-bond acceptors (Lipinski definition) is 4. The van der Waals surface area contributed by atoms with Crippen molar-refractivity contribution in [3.8, 4) is 0 Å². The van der Waals surface area contributed by atoms with E-state index in [0.717, 1.165) is 51.4 Å². The third kappa shape index (κ3) is 28.9. The first-order chi connectivity index (χ1) is 13.5. The predicted molar refractivity (Wildman–Crippen MR) is 119 cm³/mol. The van der Waals surface area contributed by atoms with Gasteiger partial charge < -0.3 is 9.66 Å². The van der Waals surface area contributed by atoms with Crippen molar-refractivity contribution < 1.29 is 47.6 Å². The van der Waals surface area contributed by atoms with Crippen molar-refractivity contribution in [3.05, 3.63) is 0 Å². The minimum absolute atomic E-state index is 0. The Kier molecular flexibility index (Phi) is 26.0. The molecule has 0 aromatic heterocycles. The summed E-state index contributed by atoms with van der Waals surface area (Å²) in [5, 5.41) is 10.0. The largest absolute Gasteiger partial charge is 1.00 e. The molecule has 170 valence electrons. The zero-order valence-electron chi connectivity index (χ0n) is 19.5. The van der Waals surface area contributed by atoms with E-state index in [9.17, 15) is 18.1 Å². The molecule has 0 aromatic carbocycles. The molecule has 0 aromatic rings. The van der Waals surface area contributed by atoms with Crippen molar-refractivity contribution in [3.63, 3.8) is 0 Å². The Bertz CT molecular complexity index is 415. The predicted octanol–water partition coefficient (Wildman–Crippen LogP) is 3.72. The van der Waals surface area contributed by atoms with Crippen LogP contribution in [-0.2, 0) is 10.1 Å². The Morgan fingerprint density at radius 1 is 0.621 bits per heavy atom. The minimum Gasteiger partial charge on any atom is -0.748 e. The first-order valence-corrected chi connectivity index (χ1v) is 13.6. The Balaban J connectivity index is 0. The van der Waals surface area contributed by atoms with Crippen LogP contribution >= 0.6 is 0 Å². The Labute approximate surface area is 204 Å². The molecule has 1 atom stereocenters. The van der Waals surface area contributed by atoms with E-state index in [1.807, 2.05) is 0 Å². The van der Waals surface area contributed by atoms with E-state index < -0.39 is 10.1 Å². The Morgan fingerprint density at radius 3 is 1.28 bits per heavy atom. The van der Waals surface area contributed by atoms with Gasteiger partial charge >= 0.3 is 29.6 Å². The average Bonchev–Trinajstić information content (AvgIpc) is 2.64. The molecular weight excluding hydrogens is 395 g/mol. The van der Waals surface area contributed by atoms with Crippen LogP contribution in [-0.4, -0.2) is 29.9 Å². The van der Waals surface area contributed by atoms with Gasteiger partial charge in [-0.15, -0.1) is 0 Å². The summed E-state index contributed by atoms with van der Waals surface area (Å²) < 4.78 is 31.5. The van der Waals surface area contributed by atoms with Crippen molar-refractivity contribution in [2.24, 2.45) is 0 Å². The van der Waals surface area contributed by atoms with Crippen molar-refractivity contribution >= 4 is 10.1 Å². The Hall–Kier alpha value is 0.870. The van der Waals surface area contributed by atoms with Crippen LogP contribution in [0.2, 0.25) is 0 Å². The SMILES string of the molecule is CCCCCCCCCCCCCCC(O)CCCCCCCCS(=O)(=O)[O-].[Na+]. The molecule has 0 saturated carbocycles. The molecule has 0 bridgehead atoms. The van der Waals surface area contributed by atoms with E-state index in [4.69, 9.17) is 0 Å². The van der Waals surface area contributed by atoms with Gasteiger partial charge in [-0.2, -0.15) is 0 Å². The standard InChI is InChI=1S/C23H48O4S.Na/c1-2-3-4-5-6-7-8-9-10-11-14-17-20-23(24)21-18-15-12-13-16-19-22-28(25,26)27;/h23-24H,2-22H2,1H3,(H,25,26,27);/q;+1/p-1. The van der Waals surface area contributed by atoms with Gasteiger partial charge in [0.05, 0.1) is 16.2 Å². The molecule has 0 heterocycles. The van der Waals surface area contributed by atoms with Crippen LogP contribution < -0.4 is 29.6 Å². The molecule has 0 fully saturated rings. The summed E-state index contributed by atoms with van der Waals surface area (Å²) in [6.45, 7) is 2.26. The zero-order chi connectivity index (χ0) is 20.9. The average molecular weight is 443 g/mol. The quantitative estimate of drug-likeness (QED) is 0.157. The van der Waals surface area contributed by atoms with E-state index >= 15 is 0 Å². The van der Waals surface area contributed by atoms with Crippen molar-refractivity contribution in [2.75, 3.05) is 5.75 Å². The summed E-state index contributed by atoms with van der Waals surface area (Å²) in [6, 6.07) is 0. The Morgan fingerprint density at radius 2 is 0.931 bits per heavy atom. The third-order valence-corrected chi connectivity index (χ3v) is 6.36. The molecule has 0 aliphatic rings. The summed E-state index contributed by atoms with van der Waals surface area (Å²) in [5.74, 6) is -0.231. The molecule has 29 heavy (non-hydrogen) atoms. The van der Waals surface area contributed by atoms with E-state index in [0.29, 0.717) is 6.42 Å². The van der Waals surface area contributed by atoms with Crippen LogP contribution in [0.4, 0.5) is 0 Å². The van der Waals surface area contributed by atoms with Crippen LogP contribution in [0, 0.1) is 0 Å². The van der Waals surface area contributed by atoms with Crippen molar-refractivity contribution in [1.29, 1.82) is 0 Å². The fraction of sp³-hybridized carbons (Fsp3) is 1.00. The molecule has 0 rings (SSSR count). The summed E-state index contributed by atoms with van der Waals surface area (Å²) in [4.78, 5) is 0. The van der Waals surface area contributed by atoms with Gasteiger partial charge in [0, 0.05) is 5.75 Å². The number of aliphatic hydroxyl groups is 1. The fourth-order valence-electron chi connectivity index (χ4n) is 3.73. The molecule has 0 aliphatic carbocycles. The number of rotatable bonds is 22. The normalized spacial score (nSPS) is 12.7. The van der Waals surface area contributed by atoms with Crippen molar-refractivity contribution in [1.82, 2.24) is 0 Å². The number of hydrogen-bond donors (Lipinski definition) is 1. The van der Waals surface area contributed by atoms with E-state index in [1.165, 1.54) is 70.6 Å². The molecule has 0 spiro atoms. The fourth-order valence-corrected chi connectivity index (χ4v) is 4.29. The first-order valence-electron chi connectivity index (χ1n) is 12.1. The summed E-state index contributed by atoms with van der Waals surface area (Å²) in [6.07, 6.45) is 23.3. The summed E-state index contributed by atoms with van der Waals surface area (Å²) >= 11 is 0. The monoisotopic (exact) mass is 442 g/mol. The van der Waals surface area contributed by atoms with Gasteiger partial charge in [0.1, 0.15) is 0 Å². The van der Waals surface area contributed by atoms with Crippen LogP contribution in [0.1, 0.15) is 135 Å². The maximum absolute atomic E-state index is 10.5. The first kappa shape index (κ1) is 32.1. The van der Waals surface area contributed by atoms with Crippen LogP contribution in [0.25, 0.3) is 0 Å². The minimum atomic E-state index is -4.04. The van der Waals surface area contributed by atoms with Crippen molar-refractivity contribution in [2.45, 2.75) is 141 Å². The van der Waals surface area contributed by atoms with Gasteiger partial charge in [-0.05, 0) is 19.3 Å². The second kappa shape index (κ2) is 23.5. The molecule has 4 nitrogen and oxygen atoms in total. The molecule has 0 radical (unpaired) electrons. The van der Waals surface area contributed by atoms with Crippen LogP contribution in [0.3, 0.4) is 0 Å². The molecule has 1 N–H and O–H groups in total. The molecule has 0 saturated heterocycles. The van der Waals surface area contributed by atoms with Crippen LogP contribution in [0.15, 0.2) is 0 Å². The van der Waals surface area contributed by atoms with Gasteiger partial charge in [0.2, 0.25) is 0 Å².